The minimum atomic E-state index is -0.176. The van der Waals surface area contributed by atoms with Crippen molar-refractivity contribution in [1.82, 2.24) is 5.32 Å². The molecule has 0 fully saturated rings. The van der Waals surface area contributed by atoms with Crippen molar-refractivity contribution in [2.24, 2.45) is 0 Å². The summed E-state index contributed by atoms with van der Waals surface area (Å²) in [6, 6.07) is 5.07. The van der Waals surface area contributed by atoms with E-state index >= 15 is 0 Å². The van der Waals surface area contributed by atoms with Crippen molar-refractivity contribution in [2.45, 2.75) is 32.7 Å². The van der Waals surface area contributed by atoms with Gasteiger partial charge in [-0.25, -0.2) is 4.39 Å². The van der Waals surface area contributed by atoms with Crippen LogP contribution < -0.4 is 5.32 Å². The lowest BCUT2D eigenvalue weighted by molar-refractivity contribution is 0.512. The summed E-state index contributed by atoms with van der Waals surface area (Å²) < 4.78 is 14.1. The molecule has 1 unspecified atom stereocenters. The van der Waals surface area contributed by atoms with Crippen LogP contribution in [0.25, 0.3) is 0 Å². The lowest BCUT2D eigenvalue weighted by Gasteiger charge is -2.18. The zero-order chi connectivity index (χ0) is 11.3. The van der Waals surface area contributed by atoms with E-state index in [-0.39, 0.29) is 11.9 Å². The Kier molecular flexibility index (Phi) is 5.26. The van der Waals surface area contributed by atoms with Crippen LogP contribution in [0.15, 0.2) is 22.7 Å². The molecule has 0 spiro atoms. The van der Waals surface area contributed by atoms with Gasteiger partial charge in [0.15, 0.2) is 0 Å². The molecule has 0 bridgehead atoms. The Bertz CT molecular complexity index is 314. The predicted octanol–water partition coefficient (Wildman–Crippen LogP) is 4.04. The third-order valence-corrected chi connectivity index (χ3v) is 3.10. The van der Waals surface area contributed by atoms with Crippen molar-refractivity contribution in [3.05, 3.63) is 34.1 Å². The van der Waals surface area contributed by atoms with Crippen LogP contribution >= 0.6 is 15.9 Å². The summed E-state index contributed by atoms with van der Waals surface area (Å²) in [7, 11) is 0. The number of halogens is 2. The van der Waals surface area contributed by atoms with Gasteiger partial charge in [0.1, 0.15) is 5.82 Å². The number of benzene rings is 1. The third-order valence-electron chi connectivity index (χ3n) is 2.38. The van der Waals surface area contributed by atoms with Gasteiger partial charge in [-0.1, -0.05) is 29.8 Å². The molecule has 1 aromatic rings. The molecule has 0 aliphatic heterocycles. The minimum Gasteiger partial charge on any atom is -0.310 e. The van der Waals surface area contributed by atoms with E-state index in [1.54, 1.807) is 12.1 Å². The highest BCUT2D eigenvalue weighted by Gasteiger charge is 2.12. The molecule has 0 amide bonds. The van der Waals surface area contributed by atoms with E-state index in [0.29, 0.717) is 0 Å². The van der Waals surface area contributed by atoms with E-state index in [0.717, 1.165) is 29.4 Å². The van der Waals surface area contributed by atoms with E-state index < -0.39 is 0 Å². The lowest BCUT2D eigenvalue weighted by Crippen LogP contribution is -2.21. The van der Waals surface area contributed by atoms with Gasteiger partial charge in [-0.2, -0.15) is 0 Å². The Morgan fingerprint density at radius 3 is 2.73 bits per heavy atom. The molecule has 1 aromatic carbocycles. The molecular weight excluding hydrogens is 257 g/mol. The zero-order valence-electron chi connectivity index (χ0n) is 9.19. The summed E-state index contributed by atoms with van der Waals surface area (Å²) in [4.78, 5) is 0. The first-order chi connectivity index (χ1) is 7.19. The van der Waals surface area contributed by atoms with Crippen LogP contribution in [0.1, 0.15) is 38.3 Å². The molecule has 0 aliphatic rings. The summed E-state index contributed by atoms with van der Waals surface area (Å²) >= 11 is 3.46. The zero-order valence-corrected chi connectivity index (χ0v) is 10.8. The fourth-order valence-corrected chi connectivity index (χ4v) is 2.10. The largest absolute Gasteiger partial charge is 0.310 e. The first kappa shape index (κ1) is 12.7. The molecule has 0 saturated heterocycles. The first-order valence-electron chi connectivity index (χ1n) is 5.37. The highest BCUT2D eigenvalue weighted by atomic mass is 79.9. The summed E-state index contributed by atoms with van der Waals surface area (Å²) in [5.74, 6) is -0.176. The van der Waals surface area contributed by atoms with Crippen molar-refractivity contribution < 1.29 is 4.39 Å². The number of nitrogens with one attached hydrogen (secondary N) is 1. The Balaban J connectivity index is 2.85. The molecular formula is C12H17BrFN. The number of hydrogen-bond acceptors (Lipinski definition) is 1. The van der Waals surface area contributed by atoms with Crippen molar-refractivity contribution >= 4 is 15.9 Å². The molecule has 0 aromatic heterocycles. The Morgan fingerprint density at radius 1 is 1.40 bits per heavy atom. The summed E-state index contributed by atoms with van der Waals surface area (Å²) in [5, 5.41) is 3.41. The summed E-state index contributed by atoms with van der Waals surface area (Å²) in [6.45, 7) is 5.19. The average molecular weight is 274 g/mol. The number of hydrogen-bond donors (Lipinski definition) is 1. The predicted molar refractivity (Wildman–Crippen MR) is 65.4 cm³/mol. The molecule has 84 valence electrons. The average Bonchev–Trinajstić information content (AvgIpc) is 2.24. The van der Waals surface area contributed by atoms with Crippen molar-refractivity contribution in [2.75, 3.05) is 6.54 Å². The molecule has 1 nitrogen and oxygen atoms in total. The van der Waals surface area contributed by atoms with Gasteiger partial charge in [-0.05, 0) is 43.1 Å². The van der Waals surface area contributed by atoms with Crippen LogP contribution in [0.5, 0.6) is 0 Å². The van der Waals surface area contributed by atoms with Gasteiger partial charge in [0.25, 0.3) is 0 Å². The quantitative estimate of drug-likeness (QED) is 0.854. The molecule has 1 atom stereocenters. The van der Waals surface area contributed by atoms with Gasteiger partial charge in [0.2, 0.25) is 0 Å². The van der Waals surface area contributed by atoms with Gasteiger partial charge < -0.3 is 5.32 Å². The van der Waals surface area contributed by atoms with Gasteiger partial charge in [0, 0.05) is 10.5 Å². The Labute approximate surface area is 99.2 Å². The van der Waals surface area contributed by atoms with Crippen LogP contribution in [0, 0.1) is 5.82 Å². The second-order valence-electron chi connectivity index (χ2n) is 3.58. The lowest BCUT2D eigenvalue weighted by atomic mass is 10.0. The SMILES string of the molecule is CCCNC(CC)c1cc(F)ccc1Br. The number of rotatable bonds is 5. The van der Waals surface area contributed by atoms with Crippen molar-refractivity contribution in [3.8, 4) is 0 Å². The molecule has 0 heterocycles. The highest BCUT2D eigenvalue weighted by Crippen LogP contribution is 2.26. The molecule has 0 saturated carbocycles. The standard InChI is InChI=1S/C12H17BrFN/c1-3-7-15-12(4-2)10-8-9(14)5-6-11(10)13/h5-6,8,12,15H,3-4,7H2,1-2H3. The van der Waals surface area contributed by atoms with E-state index in [9.17, 15) is 4.39 Å². The molecule has 0 aliphatic carbocycles. The van der Waals surface area contributed by atoms with E-state index in [2.05, 4.69) is 35.1 Å². The summed E-state index contributed by atoms with van der Waals surface area (Å²) in [5.41, 5.74) is 1.01. The Morgan fingerprint density at radius 2 is 2.13 bits per heavy atom. The molecule has 3 heteroatoms. The second kappa shape index (κ2) is 6.23. The second-order valence-corrected chi connectivity index (χ2v) is 4.44. The van der Waals surface area contributed by atoms with Crippen LogP contribution in [0.3, 0.4) is 0 Å². The Hall–Kier alpha value is -0.410. The fraction of sp³-hybridized carbons (Fsp3) is 0.500. The highest BCUT2D eigenvalue weighted by molar-refractivity contribution is 9.10. The molecule has 1 rings (SSSR count). The van der Waals surface area contributed by atoms with Crippen LogP contribution in [-0.2, 0) is 0 Å². The van der Waals surface area contributed by atoms with E-state index in [4.69, 9.17) is 0 Å². The minimum absolute atomic E-state index is 0.176. The van der Waals surface area contributed by atoms with Crippen LogP contribution in [0.4, 0.5) is 4.39 Å². The van der Waals surface area contributed by atoms with Crippen LogP contribution in [-0.4, -0.2) is 6.54 Å². The molecule has 0 radical (unpaired) electrons. The van der Waals surface area contributed by atoms with Crippen molar-refractivity contribution in [3.63, 3.8) is 0 Å². The smallest absolute Gasteiger partial charge is 0.123 e. The monoisotopic (exact) mass is 273 g/mol. The van der Waals surface area contributed by atoms with E-state index in [1.165, 1.54) is 6.07 Å². The van der Waals surface area contributed by atoms with Gasteiger partial charge in [-0.3, -0.25) is 0 Å². The molecule has 1 N–H and O–H groups in total. The van der Waals surface area contributed by atoms with Crippen molar-refractivity contribution in [1.29, 1.82) is 0 Å². The van der Waals surface area contributed by atoms with Gasteiger partial charge in [-0.15, -0.1) is 0 Å². The maximum absolute atomic E-state index is 13.1. The maximum atomic E-state index is 13.1. The van der Waals surface area contributed by atoms with Gasteiger partial charge in [0.05, 0.1) is 0 Å². The van der Waals surface area contributed by atoms with Crippen LogP contribution in [0.2, 0.25) is 0 Å². The maximum Gasteiger partial charge on any atom is 0.123 e. The normalized spacial score (nSPS) is 12.8. The summed E-state index contributed by atoms with van der Waals surface area (Å²) in [6.07, 6.45) is 2.05. The van der Waals surface area contributed by atoms with Gasteiger partial charge >= 0.3 is 0 Å². The van der Waals surface area contributed by atoms with E-state index in [1.807, 2.05) is 0 Å². The fourth-order valence-electron chi connectivity index (χ4n) is 1.57. The first-order valence-corrected chi connectivity index (χ1v) is 6.16. The third kappa shape index (κ3) is 3.58. The topological polar surface area (TPSA) is 12.0 Å². The molecule has 15 heavy (non-hydrogen) atoms.